The lowest BCUT2D eigenvalue weighted by molar-refractivity contribution is 0.151. The van der Waals surface area contributed by atoms with Crippen molar-refractivity contribution in [3.8, 4) is 0 Å². The first kappa shape index (κ1) is 14.9. The van der Waals surface area contributed by atoms with Crippen LogP contribution in [0.25, 0.3) is 0 Å². The molecule has 0 rings (SSSR count). The molecule has 4 nitrogen and oxygen atoms in total. The van der Waals surface area contributed by atoms with Gasteiger partial charge in [-0.25, -0.2) is 8.42 Å². The predicted octanol–water partition coefficient (Wildman–Crippen LogP) is 0.683. The van der Waals surface area contributed by atoms with Crippen molar-refractivity contribution in [3.05, 3.63) is 0 Å². The zero-order valence-electron chi connectivity index (χ0n) is 10.2. The van der Waals surface area contributed by atoms with Crippen molar-refractivity contribution in [2.45, 2.75) is 20.3 Å². The van der Waals surface area contributed by atoms with Crippen molar-refractivity contribution < 1.29 is 13.2 Å². The summed E-state index contributed by atoms with van der Waals surface area (Å²) in [4.78, 5) is 0. The Morgan fingerprint density at radius 1 is 1.33 bits per heavy atom. The maximum Gasteiger partial charge on any atom is 0.148 e. The average molecular weight is 237 g/mol. The van der Waals surface area contributed by atoms with Gasteiger partial charge in [0.05, 0.1) is 5.75 Å². The minimum Gasteiger partial charge on any atom is -0.385 e. The molecule has 0 aromatic carbocycles. The van der Waals surface area contributed by atoms with Crippen LogP contribution < -0.4 is 5.32 Å². The van der Waals surface area contributed by atoms with Crippen LogP contribution in [-0.2, 0) is 14.6 Å². The summed E-state index contributed by atoms with van der Waals surface area (Å²) in [5, 5.41) is 3.16. The van der Waals surface area contributed by atoms with Crippen LogP contribution in [0.1, 0.15) is 20.3 Å². The van der Waals surface area contributed by atoms with Crippen LogP contribution in [0.3, 0.4) is 0 Å². The highest BCUT2D eigenvalue weighted by Gasteiger charge is 2.16. The van der Waals surface area contributed by atoms with Gasteiger partial charge in [-0.2, -0.15) is 0 Å². The Kier molecular flexibility index (Phi) is 6.40. The van der Waals surface area contributed by atoms with Gasteiger partial charge < -0.3 is 10.1 Å². The van der Waals surface area contributed by atoms with Crippen molar-refractivity contribution in [2.24, 2.45) is 5.41 Å². The molecule has 15 heavy (non-hydrogen) atoms. The van der Waals surface area contributed by atoms with E-state index in [1.165, 1.54) is 6.26 Å². The number of ether oxygens (including phenoxy) is 1. The average Bonchev–Trinajstić information content (AvgIpc) is 2.08. The first-order chi connectivity index (χ1) is 6.77. The second kappa shape index (κ2) is 6.45. The third-order valence-corrected chi connectivity index (χ3v) is 3.18. The summed E-state index contributed by atoms with van der Waals surface area (Å²) in [5.41, 5.74) is 0.146. The molecule has 0 saturated heterocycles. The molecule has 0 unspecified atom stereocenters. The van der Waals surface area contributed by atoms with Crippen molar-refractivity contribution >= 4 is 9.84 Å². The summed E-state index contributed by atoms with van der Waals surface area (Å²) >= 11 is 0. The van der Waals surface area contributed by atoms with E-state index < -0.39 is 9.84 Å². The molecule has 0 radical (unpaired) electrons. The van der Waals surface area contributed by atoms with Gasteiger partial charge in [-0.1, -0.05) is 13.8 Å². The van der Waals surface area contributed by atoms with Crippen LogP contribution in [-0.4, -0.2) is 47.2 Å². The molecule has 5 heteroatoms. The van der Waals surface area contributed by atoms with Crippen molar-refractivity contribution in [2.75, 3.05) is 38.8 Å². The maximum absolute atomic E-state index is 10.9. The summed E-state index contributed by atoms with van der Waals surface area (Å²) in [5.74, 6) is 0.202. The standard InChI is InChI=1S/C10H23NO3S/c1-10(2,5-7-14-3)9-11-6-8-15(4,12)13/h11H,5-9H2,1-4H3. The number of nitrogens with one attached hydrogen (secondary N) is 1. The Morgan fingerprint density at radius 3 is 2.40 bits per heavy atom. The van der Waals surface area contributed by atoms with Crippen LogP contribution in [0.5, 0.6) is 0 Å². The summed E-state index contributed by atoms with van der Waals surface area (Å²) in [6, 6.07) is 0. The van der Waals surface area contributed by atoms with E-state index in [4.69, 9.17) is 4.74 Å². The van der Waals surface area contributed by atoms with E-state index in [0.717, 1.165) is 19.6 Å². The molecule has 0 spiro atoms. The zero-order chi connectivity index (χ0) is 11.9. The number of hydrogen-bond acceptors (Lipinski definition) is 4. The van der Waals surface area contributed by atoms with Gasteiger partial charge in [0.25, 0.3) is 0 Å². The molecule has 0 saturated carbocycles. The minimum absolute atomic E-state index is 0.146. The van der Waals surface area contributed by atoms with E-state index in [0.29, 0.717) is 6.54 Å². The highest BCUT2D eigenvalue weighted by molar-refractivity contribution is 7.90. The van der Waals surface area contributed by atoms with Crippen LogP contribution in [0.4, 0.5) is 0 Å². The van der Waals surface area contributed by atoms with Gasteiger partial charge in [0, 0.05) is 33.1 Å². The van der Waals surface area contributed by atoms with Gasteiger partial charge in [0.1, 0.15) is 9.84 Å². The van der Waals surface area contributed by atoms with E-state index in [9.17, 15) is 8.42 Å². The van der Waals surface area contributed by atoms with E-state index in [1.54, 1.807) is 7.11 Å². The largest absolute Gasteiger partial charge is 0.385 e. The van der Waals surface area contributed by atoms with Crippen LogP contribution in [0.2, 0.25) is 0 Å². The van der Waals surface area contributed by atoms with Gasteiger partial charge in [-0.3, -0.25) is 0 Å². The molecular formula is C10H23NO3S. The zero-order valence-corrected chi connectivity index (χ0v) is 11.0. The third kappa shape index (κ3) is 10.2. The first-order valence-corrected chi connectivity index (χ1v) is 7.20. The molecule has 0 heterocycles. The summed E-state index contributed by atoms with van der Waals surface area (Å²) in [6.45, 7) is 6.35. The third-order valence-electron chi connectivity index (χ3n) is 2.24. The molecule has 0 fully saturated rings. The fourth-order valence-corrected chi connectivity index (χ4v) is 1.67. The number of rotatable bonds is 8. The second-order valence-corrected chi connectivity index (χ2v) is 6.97. The van der Waals surface area contributed by atoms with Gasteiger partial charge >= 0.3 is 0 Å². The molecule has 0 aliphatic rings. The topological polar surface area (TPSA) is 55.4 Å². The van der Waals surface area contributed by atoms with E-state index in [-0.39, 0.29) is 11.2 Å². The summed E-state index contributed by atoms with van der Waals surface area (Å²) < 4.78 is 26.8. The molecule has 0 aromatic rings. The molecule has 0 aliphatic heterocycles. The van der Waals surface area contributed by atoms with Gasteiger partial charge in [0.15, 0.2) is 0 Å². The predicted molar refractivity (Wildman–Crippen MR) is 62.9 cm³/mol. The number of sulfone groups is 1. The SMILES string of the molecule is COCCC(C)(C)CNCCS(C)(=O)=O. The highest BCUT2D eigenvalue weighted by atomic mass is 32.2. The van der Waals surface area contributed by atoms with Gasteiger partial charge in [-0.15, -0.1) is 0 Å². The summed E-state index contributed by atoms with van der Waals surface area (Å²) in [7, 11) is -1.16. The van der Waals surface area contributed by atoms with Crippen molar-refractivity contribution in [1.29, 1.82) is 0 Å². The molecule has 0 amide bonds. The fourth-order valence-electron chi connectivity index (χ4n) is 1.15. The molecule has 1 N–H and O–H groups in total. The van der Waals surface area contributed by atoms with E-state index in [2.05, 4.69) is 19.2 Å². The Hall–Kier alpha value is -0.130. The van der Waals surface area contributed by atoms with E-state index >= 15 is 0 Å². The lowest BCUT2D eigenvalue weighted by atomic mass is 9.90. The van der Waals surface area contributed by atoms with Gasteiger partial charge in [-0.05, 0) is 11.8 Å². The second-order valence-electron chi connectivity index (χ2n) is 4.71. The lowest BCUT2D eigenvalue weighted by Gasteiger charge is -2.24. The number of methoxy groups -OCH3 is 1. The molecule has 0 aliphatic carbocycles. The number of hydrogen-bond donors (Lipinski definition) is 1. The summed E-state index contributed by atoms with van der Waals surface area (Å²) in [6.07, 6.45) is 2.22. The Labute approximate surface area is 93.3 Å². The van der Waals surface area contributed by atoms with Crippen LogP contribution in [0, 0.1) is 5.41 Å². The smallest absolute Gasteiger partial charge is 0.148 e. The molecule has 0 aromatic heterocycles. The molecule has 92 valence electrons. The highest BCUT2D eigenvalue weighted by Crippen LogP contribution is 2.18. The first-order valence-electron chi connectivity index (χ1n) is 5.14. The molecular weight excluding hydrogens is 214 g/mol. The lowest BCUT2D eigenvalue weighted by Crippen LogP contribution is -2.33. The normalized spacial score (nSPS) is 13.1. The van der Waals surface area contributed by atoms with Crippen molar-refractivity contribution in [1.82, 2.24) is 5.32 Å². The van der Waals surface area contributed by atoms with Crippen LogP contribution in [0.15, 0.2) is 0 Å². The fraction of sp³-hybridized carbons (Fsp3) is 1.00. The molecule has 0 atom stereocenters. The molecule has 0 bridgehead atoms. The van der Waals surface area contributed by atoms with Crippen molar-refractivity contribution in [3.63, 3.8) is 0 Å². The van der Waals surface area contributed by atoms with Gasteiger partial charge in [0.2, 0.25) is 0 Å². The Bertz CT molecular complexity index is 260. The quantitative estimate of drug-likeness (QED) is 0.631. The maximum atomic E-state index is 10.9. The minimum atomic E-state index is -2.85. The monoisotopic (exact) mass is 237 g/mol. The van der Waals surface area contributed by atoms with E-state index in [1.807, 2.05) is 0 Å². The Balaban J connectivity index is 3.66. The Morgan fingerprint density at radius 2 is 1.93 bits per heavy atom. The van der Waals surface area contributed by atoms with Crippen LogP contribution >= 0.6 is 0 Å².